The Balaban J connectivity index is 1.64. The molecule has 0 amide bonds. The van der Waals surface area contributed by atoms with Gasteiger partial charge in [0.2, 0.25) is 11.2 Å². The topological polar surface area (TPSA) is 65.7 Å². The summed E-state index contributed by atoms with van der Waals surface area (Å²) in [6.45, 7) is 3.87. The quantitative estimate of drug-likeness (QED) is 0.163. The molecule has 4 rings (SSSR count). The Labute approximate surface area is 204 Å². The van der Waals surface area contributed by atoms with E-state index >= 15 is 0 Å². The molecule has 0 atom stereocenters. The molecule has 36 heavy (non-hydrogen) atoms. The van der Waals surface area contributed by atoms with Crippen molar-refractivity contribution < 1.29 is 31.9 Å². The minimum atomic E-state index is -5.00. The Hall–Kier alpha value is -4.33. The van der Waals surface area contributed by atoms with Crippen LogP contribution in [0.2, 0.25) is 0 Å². The molecule has 0 aliphatic rings. The van der Waals surface area contributed by atoms with Gasteiger partial charge in [0, 0.05) is 12.1 Å². The number of alkyl halides is 3. The van der Waals surface area contributed by atoms with Crippen molar-refractivity contribution in [3.05, 3.63) is 105 Å². The van der Waals surface area contributed by atoms with Crippen molar-refractivity contribution in [3.8, 4) is 17.2 Å². The van der Waals surface area contributed by atoms with Gasteiger partial charge in [-0.25, -0.2) is 4.79 Å². The first kappa shape index (κ1) is 24.8. The van der Waals surface area contributed by atoms with Gasteiger partial charge in [-0.1, -0.05) is 48.9 Å². The fourth-order valence-electron chi connectivity index (χ4n) is 3.40. The third-order valence-corrected chi connectivity index (χ3v) is 5.34. The first-order valence-electron chi connectivity index (χ1n) is 11.1. The lowest BCUT2D eigenvalue weighted by molar-refractivity contribution is -0.154. The molecule has 0 N–H and O–H groups in total. The van der Waals surface area contributed by atoms with E-state index in [4.69, 9.17) is 13.9 Å². The molecule has 1 aromatic heterocycles. The van der Waals surface area contributed by atoms with Crippen LogP contribution in [0.15, 0.2) is 82.0 Å². The molecular weight excluding hydrogens is 473 g/mol. The van der Waals surface area contributed by atoms with Crippen LogP contribution in [0.25, 0.3) is 17.0 Å². The number of hydrogen-bond acceptors (Lipinski definition) is 5. The second-order valence-corrected chi connectivity index (χ2v) is 8.01. The SMILES string of the molecule is CCc1ccc(Oc2c(C(F)(F)F)oc3cc(OC(=O)/C=C/c4ccc(C)cc4)ccc3c2=O)cc1. The number of benzene rings is 3. The van der Waals surface area contributed by atoms with E-state index in [1.54, 1.807) is 18.2 Å². The van der Waals surface area contributed by atoms with Gasteiger partial charge in [-0.15, -0.1) is 0 Å². The van der Waals surface area contributed by atoms with Gasteiger partial charge in [-0.2, -0.15) is 13.2 Å². The monoisotopic (exact) mass is 494 g/mol. The van der Waals surface area contributed by atoms with Crippen LogP contribution in [-0.2, 0) is 17.4 Å². The molecule has 0 saturated carbocycles. The Morgan fingerprint density at radius 2 is 1.64 bits per heavy atom. The number of fused-ring (bicyclic) bond motifs is 1. The fraction of sp³-hybridized carbons (Fsp3) is 0.143. The summed E-state index contributed by atoms with van der Waals surface area (Å²) >= 11 is 0. The van der Waals surface area contributed by atoms with Crippen molar-refractivity contribution in [1.29, 1.82) is 0 Å². The molecule has 5 nitrogen and oxygen atoms in total. The van der Waals surface area contributed by atoms with Crippen molar-refractivity contribution in [1.82, 2.24) is 0 Å². The van der Waals surface area contributed by atoms with Crippen molar-refractivity contribution in [2.75, 3.05) is 0 Å². The van der Waals surface area contributed by atoms with Gasteiger partial charge in [0.05, 0.1) is 5.39 Å². The molecule has 4 aromatic rings. The predicted molar refractivity (Wildman–Crippen MR) is 129 cm³/mol. The maximum atomic E-state index is 13.8. The first-order chi connectivity index (χ1) is 17.1. The molecule has 8 heteroatoms. The van der Waals surface area contributed by atoms with Crippen molar-refractivity contribution in [3.63, 3.8) is 0 Å². The van der Waals surface area contributed by atoms with Crippen LogP contribution < -0.4 is 14.9 Å². The highest BCUT2D eigenvalue weighted by molar-refractivity contribution is 5.89. The Bertz CT molecular complexity index is 1480. The van der Waals surface area contributed by atoms with E-state index in [0.29, 0.717) is 0 Å². The number of carbonyl (C=O) groups is 1. The molecule has 0 radical (unpaired) electrons. The summed E-state index contributed by atoms with van der Waals surface area (Å²) in [5.74, 6) is -3.31. The van der Waals surface area contributed by atoms with E-state index in [0.717, 1.165) is 29.2 Å². The molecule has 0 fully saturated rings. The number of aryl methyl sites for hydroxylation is 2. The third kappa shape index (κ3) is 5.66. The smallest absolute Gasteiger partial charge is 0.449 e. The Morgan fingerprint density at radius 1 is 0.972 bits per heavy atom. The van der Waals surface area contributed by atoms with Crippen molar-refractivity contribution in [2.24, 2.45) is 0 Å². The average molecular weight is 494 g/mol. The molecule has 0 aliphatic heterocycles. The van der Waals surface area contributed by atoms with E-state index in [1.165, 1.54) is 30.3 Å². The molecule has 0 bridgehead atoms. The van der Waals surface area contributed by atoms with Gasteiger partial charge in [-0.05, 0) is 54.8 Å². The van der Waals surface area contributed by atoms with Crippen LogP contribution in [0.3, 0.4) is 0 Å². The second-order valence-electron chi connectivity index (χ2n) is 8.01. The number of halogens is 3. The summed E-state index contributed by atoms with van der Waals surface area (Å²) in [5.41, 5.74) is 1.40. The number of ether oxygens (including phenoxy) is 2. The van der Waals surface area contributed by atoms with Gasteiger partial charge in [0.1, 0.15) is 17.1 Å². The van der Waals surface area contributed by atoms with E-state index < -0.39 is 34.7 Å². The fourth-order valence-corrected chi connectivity index (χ4v) is 3.40. The molecule has 0 unspecified atom stereocenters. The Kier molecular flexibility index (Phi) is 6.96. The van der Waals surface area contributed by atoms with E-state index in [9.17, 15) is 22.8 Å². The van der Waals surface area contributed by atoms with Crippen LogP contribution in [-0.4, -0.2) is 5.97 Å². The van der Waals surface area contributed by atoms with Crippen LogP contribution in [0.5, 0.6) is 17.2 Å². The average Bonchev–Trinajstić information content (AvgIpc) is 2.85. The number of hydrogen-bond donors (Lipinski definition) is 0. The zero-order chi connectivity index (χ0) is 25.9. The summed E-state index contributed by atoms with van der Waals surface area (Å²) in [6.07, 6.45) is -1.54. The summed E-state index contributed by atoms with van der Waals surface area (Å²) in [7, 11) is 0. The zero-order valence-electron chi connectivity index (χ0n) is 19.4. The molecule has 0 saturated heterocycles. The third-order valence-electron chi connectivity index (χ3n) is 5.34. The van der Waals surface area contributed by atoms with Crippen LogP contribution in [0.1, 0.15) is 29.4 Å². The van der Waals surface area contributed by atoms with Crippen molar-refractivity contribution >= 4 is 23.0 Å². The molecule has 0 spiro atoms. The van der Waals surface area contributed by atoms with Gasteiger partial charge < -0.3 is 13.9 Å². The molecular formula is C28H21F3O5. The highest BCUT2D eigenvalue weighted by Crippen LogP contribution is 2.38. The maximum Gasteiger partial charge on any atom is 0.453 e. The number of esters is 1. The molecule has 0 aliphatic carbocycles. The van der Waals surface area contributed by atoms with Crippen LogP contribution >= 0.6 is 0 Å². The first-order valence-corrected chi connectivity index (χ1v) is 11.1. The van der Waals surface area contributed by atoms with Gasteiger partial charge in [0.25, 0.3) is 5.76 Å². The summed E-state index contributed by atoms with van der Waals surface area (Å²) < 4.78 is 56.9. The molecule has 184 valence electrons. The van der Waals surface area contributed by atoms with E-state index in [2.05, 4.69) is 0 Å². The van der Waals surface area contributed by atoms with Crippen molar-refractivity contribution in [2.45, 2.75) is 26.4 Å². The number of rotatable bonds is 6. The molecule has 1 heterocycles. The highest BCUT2D eigenvalue weighted by Gasteiger charge is 2.40. The lowest BCUT2D eigenvalue weighted by Crippen LogP contribution is -2.15. The largest absolute Gasteiger partial charge is 0.453 e. The lowest BCUT2D eigenvalue weighted by Gasteiger charge is -2.13. The van der Waals surface area contributed by atoms with Crippen LogP contribution in [0.4, 0.5) is 13.2 Å². The minimum absolute atomic E-state index is 0.0651. The predicted octanol–water partition coefficient (Wildman–Crippen LogP) is 7.09. The minimum Gasteiger partial charge on any atom is -0.449 e. The summed E-state index contributed by atoms with van der Waals surface area (Å²) in [6, 6.07) is 17.3. The summed E-state index contributed by atoms with van der Waals surface area (Å²) in [4.78, 5) is 25.1. The van der Waals surface area contributed by atoms with E-state index in [1.807, 2.05) is 38.1 Å². The van der Waals surface area contributed by atoms with Gasteiger partial charge >= 0.3 is 12.1 Å². The highest BCUT2D eigenvalue weighted by atomic mass is 19.4. The van der Waals surface area contributed by atoms with E-state index in [-0.39, 0.29) is 16.9 Å². The number of carbonyl (C=O) groups excluding carboxylic acids is 1. The second kappa shape index (κ2) is 10.1. The maximum absolute atomic E-state index is 13.8. The van der Waals surface area contributed by atoms with Gasteiger partial charge in [-0.3, -0.25) is 4.79 Å². The lowest BCUT2D eigenvalue weighted by atomic mass is 10.1. The standard InChI is InChI=1S/C28H21F3O5/c1-3-18-8-11-20(12-9-18)35-26-25(33)22-14-13-21(16-23(22)36-27(26)28(29,30)31)34-24(32)15-10-19-6-4-17(2)5-7-19/h4-16H,3H2,1-2H3/b15-10+. The normalized spacial score (nSPS) is 11.7. The Morgan fingerprint density at radius 3 is 2.28 bits per heavy atom. The zero-order valence-corrected chi connectivity index (χ0v) is 19.4. The summed E-state index contributed by atoms with van der Waals surface area (Å²) in [5, 5.41) is -0.154. The van der Waals surface area contributed by atoms with Gasteiger partial charge in [0.15, 0.2) is 0 Å². The van der Waals surface area contributed by atoms with Crippen LogP contribution in [0, 0.1) is 6.92 Å². The molecule has 3 aromatic carbocycles.